The Bertz CT molecular complexity index is 1010. The highest BCUT2D eigenvalue weighted by atomic mass is 16.5. The van der Waals surface area contributed by atoms with Crippen LogP contribution in [0, 0.1) is 6.92 Å². The van der Waals surface area contributed by atoms with Crippen LogP contribution >= 0.6 is 0 Å². The second-order valence-electron chi connectivity index (χ2n) is 6.32. The number of morpholine rings is 1. The molecule has 138 valence electrons. The fourth-order valence-corrected chi connectivity index (χ4v) is 3.03. The Kier molecular flexibility index (Phi) is 4.55. The van der Waals surface area contributed by atoms with E-state index >= 15 is 0 Å². The molecule has 0 bridgehead atoms. The minimum atomic E-state index is -0.315. The minimum Gasteiger partial charge on any atom is -0.378 e. The van der Waals surface area contributed by atoms with Gasteiger partial charge in [-0.25, -0.2) is 9.50 Å². The quantitative estimate of drug-likeness (QED) is 0.764. The lowest BCUT2D eigenvalue weighted by Gasteiger charge is -2.27. The largest absolute Gasteiger partial charge is 0.378 e. The molecule has 1 fully saturated rings. The van der Waals surface area contributed by atoms with E-state index in [-0.39, 0.29) is 11.8 Å². The first kappa shape index (κ1) is 17.2. The summed E-state index contributed by atoms with van der Waals surface area (Å²) >= 11 is 0. The number of hydrogen-bond acceptors (Lipinski definition) is 5. The van der Waals surface area contributed by atoms with Gasteiger partial charge in [-0.1, -0.05) is 6.07 Å². The van der Waals surface area contributed by atoms with Crippen LogP contribution in [0.1, 0.15) is 26.4 Å². The smallest absolute Gasteiger partial charge is 0.274 e. The molecule has 1 aromatic carbocycles. The van der Waals surface area contributed by atoms with Crippen molar-refractivity contribution >= 4 is 23.1 Å². The van der Waals surface area contributed by atoms with E-state index in [0.717, 1.165) is 5.56 Å². The van der Waals surface area contributed by atoms with Crippen molar-refractivity contribution in [1.82, 2.24) is 19.5 Å². The third-order valence-corrected chi connectivity index (χ3v) is 4.55. The Labute approximate surface area is 155 Å². The SMILES string of the molecule is Cc1ccc(C(=O)N2CCOCC2)cc1NC(=O)c1ccnc2ccnn12. The topological polar surface area (TPSA) is 88.8 Å². The van der Waals surface area contributed by atoms with Crippen molar-refractivity contribution in [1.29, 1.82) is 0 Å². The number of aromatic nitrogens is 3. The van der Waals surface area contributed by atoms with Crippen LogP contribution < -0.4 is 5.32 Å². The maximum atomic E-state index is 12.7. The van der Waals surface area contributed by atoms with Gasteiger partial charge in [0.25, 0.3) is 11.8 Å². The molecule has 0 aliphatic carbocycles. The number of fused-ring (bicyclic) bond motifs is 1. The Morgan fingerprint density at radius 2 is 1.93 bits per heavy atom. The van der Waals surface area contributed by atoms with Gasteiger partial charge in [-0.3, -0.25) is 9.59 Å². The summed E-state index contributed by atoms with van der Waals surface area (Å²) in [4.78, 5) is 31.4. The van der Waals surface area contributed by atoms with Crippen LogP contribution in [0.2, 0.25) is 0 Å². The van der Waals surface area contributed by atoms with Crippen molar-refractivity contribution in [3.63, 3.8) is 0 Å². The Morgan fingerprint density at radius 1 is 1.11 bits per heavy atom. The van der Waals surface area contributed by atoms with Gasteiger partial charge in [0.15, 0.2) is 5.65 Å². The highest BCUT2D eigenvalue weighted by molar-refractivity contribution is 6.04. The number of hydrogen-bond donors (Lipinski definition) is 1. The number of amides is 2. The summed E-state index contributed by atoms with van der Waals surface area (Å²) < 4.78 is 6.77. The van der Waals surface area contributed by atoms with Gasteiger partial charge in [-0.05, 0) is 30.7 Å². The number of carbonyl (C=O) groups is 2. The Balaban J connectivity index is 1.59. The van der Waals surface area contributed by atoms with Crippen molar-refractivity contribution in [2.75, 3.05) is 31.6 Å². The van der Waals surface area contributed by atoms with Crippen LogP contribution in [0.3, 0.4) is 0 Å². The summed E-state index contributed by atoms with van der Waals surface area (Å²) in [6, 6.07) is 8.66. The standard InChI is InChI=1S/C19H19N5O3/c1-13-2-3-14(19(26)23-8-10-27-11-9-23)12-15(13)22-18(25)16-4-6-20-17-5-7-21-24(16)17/h2-7,12H,8-11H2,1H3,(H,22,25). The molecule has 3 aromatic rings. The maximum Gasteiger partial charge on any atom is 0.274 e. The van der Waals surface area contributed by atoms with Crippen molar-refractivity contribution in [3.8, 4) is 0 Å². The molecule has 2 amide bonds. The van der Waals surface area contributed by atoms with E-state index in [4.69, 9.17) is 4.74 Å². The van der Waals surface area contributed by atoms with Gasteiger partial charge in [-0.15, -0.1) is 0 Å². The lowest BCUT2D eigenvalue weighted by molar-refractivity contribution is 0.0303. The zero-order chi connectivity index (χ0) is 18.8. The monoisotopic (exact) mass is 365 g/mol. The molecule has 1 aliphatic rings. The molecule has 0 unspecified atom stereocenters. The number of rotatable bonds is 3. The Morgan fingerprint density at radius 3 is 2.74 bits per heavy atom. The Hall–Kier alpha value is -3.26. The third-order valence-electron chi connectivity index (χ3n) is 4.55. The summed E-state index contributed by atoms with van der Waals surface area (Å²) in [6.45, 7) is 4.12. The zero-order valence-corrected chi connectivity index (χ0v) is 14.9. The number of nitrogens with one attached hydrogen (secondary N) is 1. The van der Waals surface area contributed by atoms with Gasteiger partial charge >= 0.3 is 0 Å². The molecular formula is C19H19N5O3. The van der Waals surface area contributed by atoms with E-state index < -0.39 is 0 Å². The van der Waals surface area contributed by atoms with E-state index in [1.165, 1.54) is 4.52 Å². The summed E-state index contributed by atoms with van der Waals surface area (Å²) in [6.07, 6.45) is 3.16. The predicted octanol–water partition coefficient (Wildman–Crippen LogP) is 1.76. The van der Waals surface area contributed by atoms with Crippen LogP contribution in [0.15, 0.2) is 42.7 Å². The average Bonchev–Trinajstić information content (AvgIpc) is 3.18. The van der Waals surface area contributed by atoms with Crippen LogP contribution in [0.4, 0.5) is 5.69 Å². The van der Waals surface area contributed by atoms with Gasteiger partial charge in [0.1, 0.15) is 5.69 Å². The number of anilines is 1. The molecule has 0 saturated carbocycles. The zero-order valence-electron chi connectivity index (χ0n) is 14.9. The number of benzene rings is 1. The predicted molar refractivity (Wildman–Crippen MR) is 98.8 cm³/mol. The second-order valence-corrected chi connectivity index (χ2v) is 6.32. The lowest BCUT2D eigenvalue weighted by Crippen LogP contribution is -2.40. The lowest BCUT2D eigenvalue weighted by atomic mass is 10.1. The van der Waals surface area contributed by atoms with Gasteiger partial charge in [0.2, 0.25) is 0 Å². The number of nitrogens with zero attached hydrogens (tertiary/aromatic N) is 4. The highest BCUT2D eigenvalue weighted by Crippen LogP contribution is 2.20. The molecule has 0 spiro atoms. The first-order valence-electron chi connectivity index (χ1n) is 8.71. The van der Waals surface area contributed by atoms with Crippen molar-refractivity contribution in [2.24, 2.45) is 0 Å². The van der Waals surface area contributed by atoms with Crippen molar-refractivity contribution in [3.05, 3.63) is 59.5 Å². The molecule has 1 N–H and O–H groups in total. The molecule has 0 atom stereocenters. The third kappa shape index (κ3) is 3.39. The van der Waals surface area contributed by atoms with Gasteiger partial charge in [0, 0.05) is 36.6 Å². The van der Waals surface area contributed by atoms with Gasteiger partial charge in [0.05, 0.1) is 19.4 Å². The molecule has 2 aromatic heterocycles. The summed E-state index contributed by atoms with van der Waals surface area (Å²) in [5.74, 6) is -0.377. The highest BCUT2D eigenvalue weighted by Gasteiger charge is 2.20. The molecule has 8 nitrogen and oxygen atoms in total. The molecule has 4 rings (SSSR count). The molecule has 3 heterocycles. The number of aryl methyl sites for hydroxylation is 1. The van der Waals surface area contributed by atoms with Crippen LogP contribution in [0.5, 0.6) is 0 Å². The average molecular weight is 365 g/mol. The van der Waals surface area contributed by atoms with Gasteiger partial charge < -0.3 is 15.0 Å². The van der Waals surface area contributed by atoms with E-state index in [1.807, 2.05) is 13.0 Å². The first-order chi connectivity index (χ1) is 13.1. The number of carbonyl (C=O) groups excluding carboxylic acids is 2. The fraction of sp³-hybridized carbons (Fsp3) is 0.263. The molecular weight excluding hydrogens is 346 g/mol. The van der Waals surface area contributed by atoms with E-state index in [1.54, 1.807) is 41.6 Å². The molecule has 1 aliphatic heterocycles. The van der Waals surface area contributed by atoms with Crippen LogP contribution in [-0.4, -0.2) is 57.6 Å². The van der Waals surface area contributed by atoms with Crippen molar-refractivity contribution < 1.29 is 14.3 Å². The van der Waals surface area contributed by atoms with E-state index in [0.29, 0.717) is 48.9 Å². The second kappa shape index (κ2) is 7.16. The fourth-order valence-electron chi connectivity index (χ4n) is 3.03. The normalized spacial score (nSPS) is 14.3. The maximum absolute atomic E-state index is 12.7. The summed E-state index contributed by atoms with van der Waals surface area (Å²) in [5.41, 5.74) is 2.96. The molecule has 27 heavy (non-hydrogen) atoms. The van der Waals surface area contributed by atoms with Crippen molar-refractivity contribution in [2.45, 2.75) is 6.92 Å². The first-order valence-corrected chi connectivity index (χ1v) is 8.71. The van der Waals surface area contributed by atoms with Crippen LogP contribution in [0.25, 0.3) is 5.65 Å². The summed E-state index contributed by atoms with van der Waals surface area (Å²) in [5, 5.41) is 7.02. The summed E-state index contributed by atoms with van der Waals surface area (Å²) in [7, 11) is 0. The van der Waals surface area contributed by atoms with Gasteiger partial charge in [-0.2, -0.15) is 5.10 Å². The minimum absolute atomic E-state index is 0.0628. The van der Waals surface area contributed by atoms with E-state index in [9.17, 15) is 9.59 Å². The molecule has 1 saturated heterocycles. The number of ether oxygens (including phenoxy) is 1. The van der Waals surface area contributed by atoms with E-state index in [2.05, 4.69) is 15.4 Å². The van der Waals surface area contributed by atoms with Crippen LogP contribution in [-0.2, 0) is 4.74 Å². The molecule has 0 radical (unpaired) electrons. The molecule has 8 heteroatoms.